The first-order valence-electron chi connectivity index (χ1n) is 4.33. The van der Waals surface area contributed by atoms with Gasteiger partial charge in [-0.2, -0.15) is 13.2 Å². The Morgan fingerprint density at radius 1 is 1.44 bits per heavy atom. The summed E-state index contributed by atoms with van der Waals surface area (Å²) >= 11 is 7.92. The number of hydrogen-bond donors (Lipinski definition) is 0. The molecule has 0 aromatic heterocycles. The number of Topliss-reactive ketones (excluding diaryl/α,β-unsaturated/α-hetero) is 1. The third-order valence-electron chi connectivity index (χ3n) is 2.02. The number of carbonyl (C=O) groups is 1. The Morgan fingerprint density at radius 2 is 2.00 bits per heavy atom. The highest BCUT2D eigenvalue weighted by molar-refractivity contribution is 9.10. The van der Waals surface area contributed by atoms with Crippen LogP contribution in [0.3, 0.4) is 0 Å². The van der Waals surface area contributed by atoms with E-state index in [-0.39, 0.29) is 4.47 Å². The fourth-order valence-corrected chi connectivity index (χ4v) is 1.94. The first-order chi connectivity index (χ1) is 8.20. The van der Waals surface area contributed by atoms with E-state index >= 15 is 0 Å². The van der Waals surface area contributed by atoms with E-state index in [1.54, 1.807) is 0 Å². The van der Waals surface area contributed by atoms with Gasteiger partial charge in [0.05, 0.1) is 20.8 Å². The van der Waals surface area contributed by atoms with Gasteiger partial charge in [-0.15, -0.1) is 11.6 Å². The minimum absolute atomic E-state index is 0.214. The maximum atomic E-state index is 12.7. The lowest BCUT2D eigenvalue weighted by atomic mass is 10.0. The van der Waals surface area contributed by atoms with Crippen LogP contribution in [0.2, 0.25) is 0 Å². The summed E-state index contributed by atoms with van der Waals surface area (Å²) in [6.45, 7) is 0. The maximum absolute atomic E-state index is 12.7. The van der Waals surface area contributed by atoms with Gasteiger partial charge in [0.1, 0.15) is 5.56 Å². The van der Waals surface area contributed by atoms with Crippen LogP contribution in [-0.2, 0) is 6.18 Å². The van der Waals surface area contributed by atoms with Crippen molar-refractivity contribution in [2.75, 3.05) is 5.88 Å². The highest BCUT2D eigenvalue weighted by Crippen LogP contribution is 2.39. The zero-order valence-electron chi connectivity index (χ0n) is 8.42. The van der Waals surface area contributed by atoms with E-state index in [0.717, 1.165) is 6.07 Å². The lowest BCUT2D eigenvalue weighted by Crippen LogP contribution is -2.16. The molecule has 1 rings (SSSR count). The molecule has 0 aliphatic carbocycles. The predicted molar refractivity (Wildman–Crippen MR) is 60.8 cm³/mol. The summed E-state index contributed by atoms with van der Waals surface area (Å²) in [7, 11) is 0. The van der Waals surface area contributed by atoms with Gasteiger partial charge in [0.2, 0.25) is 0 Å². The number of hydrogen-bond acceptors (Lipinski definition) is 3. The number of rotatable bonds is 3. The van der Waals surface area contributed by atoms with Crippen LogP contribution in [-0.4, -0.2) is 16.6 Å². The lowest BCUT2D eigenvalue weighted by molar-refractivity contribution is -0.386. The van der Waals surface area contributed by atoms with Crippen LogP contribution in [0.25, 0.3) is 0 Å². The van der Waals surface area contributed by atoms with Gasteiger partial charge in [-0.05, 0) is 28.1 Å². The monoisotopic (exact) mass is 345 g/mol. The van der Waals surface area contributed by atoms with Gasteiger partial charge in [0.25, 0.3) is 5.69 Å². The molecule has 1 aromatic carbocycles. The van der Waals surface area contributed by atoms with Gasteiger partial charge in [0.15, 0.2) is 5.78 Å². The molecule has 0 saturated carbocycles. The average Bonchev–Trinajstić information content (AvgIpc) is 2.25. The number of nitro benzene ring substituents is 1. The molecule has 0 radical (unpaired) electrons. The van der Waals surface area contributed by atoms with Crippen molar-refractivity contribution in [3.05, 3.63) is 37.8 Å². The van der Waals surface area contributed by atoms with Crippen molar-refractivity contribution in [2.45, 2.75) is 6.18 Å². The highest BCUT2D eigenvalue weighted by Gasteiger charge is 2.40. The molecule has 18 heavy (non-hydrogen) atoms. The van der Waals surface area contributed by atoms with E-state index in [1.165, 1.54) is 0 Å². The Kier molecular flexibility index (Phi) is 4.33. The van der Waals surface area contributed by atoms with Gasteiger partial charge >= 0.3 is 6.18 Å². The molecule has 0 fully saturated rings. The second kappa shape index (κ2) is 5.23. The summed E-state index contributed by atoms with van der Waals surface area (Å²) in [6.07, 6.45) is -4.87. The van der Waals surface area contributed by atoms with Gasteiger partial charge < -0.3 is 0 Å². The Bertz CT molecular complexity index is 519. The number of ketones is 1. The molecule has 98 valence electrons. The molecule has 0 amide bonds. The average molecular weight is 346 g/mol. The number of benzene rings is 1. The third kappa shape index (κ3) is 2.81. The molecule has 1 aromatic rings. The smallest absolute Gasteiger partial charge is 0.293 e. The molecule has 0 aliphatic rings. The second-order valence-corrected chi connectivity index (χ2v) is 4.25. The zero-order valence-corrected chi connectivity index (χ0v) is 10.8. The van der Waals surface area contributed by atoms with Gasteiger partial charge in [-0.3, -0.25) is 14.9 Å². The van der Waals surface area contributed by atoms with Crippen LogP contribution >= 0.6 is 27.5 Å². The summed E-state index contributed by atoms with van der Waals surface area (Å²) < 4.78 is 37.8. The van der Waals surface area contributed by atoms with Crippen LogP contribution in [0.5, 0.6) is 0 Å². The molecule has 0 saturated heterocycles. The third-order valence-corrected chi connectivity index (χ3v) is 2.90. The summed E-state index contributed by atoms with van der Waals surface area (Å²) in [6, 6.07) is 1.46. The number of nitrogens with zero attached hydrogens (tertiary/aromatic N) is 1. The predicted octanol–water partition coefficient (Wildman–Crippen LogP) is 3.80. The largest absolute Gasteiger partial charge is 0.417 e. The summed E-state index contributed by atoms with van der Waals surface area (Å²) in [5.74, 6) is -1.93. The van der Waals surface area contributed by atoms with Crippen molar-refractivity contribution in [3.8, 4) is 0 Å². The number of nitro groups is 1. The van der Waals surface area contributed by atoms with Crippen molar-refractivity contribution in [1.82, 2.24) is 0 Å². The van der Waals surface area contributed by atoms with E-state index in [0.29, 0.717) is 6.07 Å². The molecule has 0 heterocycles. The molecule has 0 N–H and O–H groups in total. The van der Waals surface area contributed by atoms with Crippen LogP contribution < -0.4 is 0 Å². The van der Waals surface area contributed by atoms with Crippen LogP contribution in [0, 0.1) is 10.1 Å². The van der Waals surface area contributed by atoms with E-state index in [4.69, 9.17) is 11.6 Å². The number of halogens is 5. The van der Waals surface area contributed by atoms with Crippen molar-refractivity contribution >= 4 is 39.0 Å². The van der Waals surface area contributed by atoms with Crippen LogP contribution in [0.4, 0.5) is 18.9 Å². The van der Waals surface area contributed by atoms with Crippen molar-refractivity contribution in [2.24, 2.45) is 0 Å². The molecule has 0 spiro atoms. The molecule has 0 atom stereocenters. The Hall–Kier alpha value is -1.15. The van der Waals surface area contributed by atoms with Crippen molar-refractivity contribution < 1.29 is 22.9 Å². The minimum atomic E-state index is -4.87. The van der Waals surface area contributed by atoms with Gasteiger partial charge in [-0.25, -0.2) is 0 Å². The quantitative estimate of drug-likeness (QED) is 0.362. The fourth-order valence-electron chi connectivity index (χ4n) is 1.33. The van der Waals surface area contributed by atoms with Gasteiger partial charge in [0, 0.05) is 0 Å². The van der Waals surface area contributed by atoms with E-state index in [2.05, 4.69) is 15.9 Å². The van der Waals surface area contributed by atoms with E-state index in [1.807, 2.05) is 0 Å². The second-order valence-electron chi connectivity index (χ2n) is 3.13. The lowest BCUT2D eigenvalue weighted by Gasteiger charge is -2.12. The van der Waals surface area contributed by atoms with E-state index in [9.17, 15) is 28.1 Å². The molecular weight excluding hydrogens is 342 g/mol. The first kappa shape index (κ1) is 14.9. The van der Waals surface area contributed by atoms with Crippen molar-refractivity contribution in [3.63, 3.8) is 0 Å². The number of carbonyl (C=O) groups excluding carboxylic acids is 1. The molecule has 4 nitrogen and oxygen atoms in total. The van der Waals surface area contributed by atoms with Crippen LogP contribution in [0.15, 0.2) is 16.6 Å². The topological polar surface area (TPSA) is 60.2 Å². The normalized spacial score (nSPS) is 11.4. The Labute approximate surface area is 112 Å². The molecule has 9 heteroatoms. The Balaban J connectivity index is 3.71. The highest BCUT2D eigenvalue weighted by atomic mass is 79.9. The molecule has 0 unspecified atom stereocenters. The van der Waals surface area contributed by atoms with Gasteiger partial charge in [-0.1, -0.05) is 0 Å². The molecule has 0 aliphatic heterocycles. The standard InChI is InChI=1S/C9H4BrClF3NO3/c10-5-2-1-4(9(12,13)14)7(6(16)3-11)8(5)15(17)18/h1-2H,3H2. The summed E-state index contributed by atoms with van der Waals surface area (Å²) in [4.78, 5) is 21.1. The Morgan fingerprint density at radius 3 is 2.39 bits per heavy atom. The first-order valence-corrected chi connectivity index (χ1v) is 5.66. The van der Waals surface area contributed by atoms with E-state index < -0.39 is 39.6 Å². The zero-order chi connectivity index (χ0) is 14.1. The summed E-state index contributed by atoms with van der Waals surface area (Å²) in [5.41, 5.74) is -3.34. The number of alkyl halides is 4. The van der Waals surface area contributed by atoms with Crippen molar-refractivity contribution in [1.29, 1.82) is 0 Å². The SMILES string of the molecule is O=C(CCl)c1c(C(F)(F)F)ccc(Br)c1[N+](=O)[O-]. The fraction of sp³-hybridized carbons (Fsp3) is 0.222. The minimum Gasteiger partial charge on any atom is -0.293 e. The molecule has 0 bridgehead atoms. The van der Waals surface area contributed by atoms with Crippen LogP contribution in [0.1, 0.15) is 15.9 Å². The molecular formula is C9H4BrClF3NO3. The summed E-state index contributed by atoms with van der Waals surface area (Å²) in [5, 5.41) is 10.8. The maximum Gasteiger partial charge on any atom is 0.417 e.